The van der Waals surface area contributed by atoms with Gasteiger partial charge in [0.25, 0.3) is 0 Å². The molecule has 0 aliphatic carbocycles. The lowest BCUT2D eigenvalue weighted by Gasteiger charge is -2.10. The molecule has 0 aliphatic heterocycles. The lowest BCUT2D eigenvalue weighted by atomic mass is 10.1. The highest BCUT2D eigenvalue weighted by molar-refractivity contribution is 5.84. The molecule has 0 bridgehead atoms. The van der Waals surface area contributed by atoms with Crippen molar-refractivity contribution in [3.63, 3.8) is 0 Å². The molecule has 0 atom stereocenters. The van der Waals surface area contributed by atoms with Gasteiger partial charge in [0.05, 0.1) is 6.61 Å². The number of carbonyl (C=O) groups is 1. The van der Waals surface area contributed by atoms with Gasteiger partial charge in [0.2, 0.25) is 0 Å². The van der Waals surface area contributed by atoms with Crippen LogP contribution in [0.2, 0.25) is 0 Å². The lowest BCUT2D eigenvalue weighted by molar-refractivity contribution is -0.136. The molecule has 27 heavy (non-hydrogen) atoms. The second kappa shape index (κ2) is 9.08. The molecule has 0 saturated carbocycles. The molecule has 0 fully saturated rings. The molecule has 0 radical (unpaired) electrons. The molecule has 0 aromatic heterocycles. The Morgan fingerprint density at radius 2 is 1.44 bits per heavy atom. The van der Waals surface area contributed by atoms with E-state index < -0.39 is 5.97 Å². The SMILES string of the molecule is CC(C)CCOc1ccc(OCC(=O)Oc2ccc3ccccc3c2)cc1. The molecule has 3 rings (SSSR count). The van der Waals surface area contributed by atoms with Crippen molar-refractivity contribution < 1.29 is 19.0 Å². The molecular weight excluding hydrogens is 340 g/mol. The first-order chi connectivity index (χ1) is 13.1. The maximum absolute atomic E-state index is 12.0. The van der Waals surface area contributed by atoms with Crippen LogP contribution in [0, 0.1) is 5.92 Å². The monoisotopic (exact) mass is 364 g/mol. The molecule has 0 spiro atoms. The summed E-state index contributed by atoms with van der Waals surface area (Å²) in [5, 5.41) is 2.13. The van der Waals surface area contributed by atoms with E-state index in [4.69, 9.17) is 14.2 Å². The van der Waals surface area contributed by atoms with Crippen LogP contribution < -0.4 is 14.2 Å². The zero-order valence-corrected chi connectivity index (χ0v) is 15.7. The highest BCUT2D eigenvalue weighted by Gasteiger charge is 2.07. The number of esters is 1. The summed E-state index contributed by atoms with van der Waals surface area (Å²) in [5.74, 6) is 2.07. The van der Waals surface area contributed by atoms with Gasteiger partial charge < -0.3 is 14.2 Å². The third-order valence-corrected chi connectivity index (χ3v) is 4.10. The molecule has 0 N–H and O–H groups in total. The standard InChI is InChI=1S/C23H24O4/c1-17(2)13-14-25-20-9-11-21(12-10-20)26-16-23(24)27-22-8-7-18-5-3-4-6-19(18)15-22/h3-12,15,17H,13-14,16H2,1-2H3. The predicted octanol–water partition coefficient (Wildman–Crippen LogP) is 5.25. The number of carbonyl (C=O) groups excluding carboxylic acids is 1. The highest BCUT2D eigenvalue weighted by Crippen LogP contribution is 2.21. The fourth-order valence-corrected chi connectivity index (χ4v) is 2.58. The number of fused-ring (bicyclic) bond motifs is 1. The Morgan fingerprint density at radius 1 is 0.815 bits per heavy atom. The molecular formula is C23H24O4. The number of benzene rings is 3. The number of hydrogen-bond donors (Lipinski definition) is 0. The van der Waals surface area contributed by atoms with Gasteiger partial charge in [-0.3, -0.25) is 0 Å². The van der Waals surface area contributed by atoms with Crippen LogP contribution in [0.15, 0.2) is 66.7 Å². The Balaban J connectivity index is 1.48. The summed E-state index contributed by atoms with van der Waals surface area (Å²) in [6.45, 7) is 4.87. The number of hydrogen-bond acceptors (Lipinski definition) is 4. The maximum atomic E-state index is 12.0. The summed E-state index contributed by atoms with van der Waals surface area (Å²) in [7, 11) is 0. The van der Waals surface area contributed by atoms with Gasteiger partial charge in [-0.05, 0) is 59.5 Å². The van der Waals surface area contributed by atoms with Crippen molar-refractivity contribution >= 4 is 16.7 Å². The van der Waals surface area contributed by atoms with Crippen LogP contribution in [0.4, 0.5) is 0 Å². The normalized spacial score (nSPS) is 10.8. The molecule has 4 nitrogen and oxygen atoms in total. The van der Waals surface area contributed by atoms with Gasteiger partial charge in [-0.1, -0.05) is 44.2 Å². The molecule has 140 valence electrons. The van der Waals surface area contributed by atoms with Crippen molar-refractivity contribution in [1.82, 2.24) is 0 Å². The Labute approximate surface area is 159 Å². The minimum atomic E-state index is -0.442. The average Bonchev–Trinajstić information content (AvgIpc) is 2.67. The van der Waals surface area contributed by atoms with Gasteiger partial charge >= 0.3 is 5.97 Å². The molecule has 0 amide bonds. The van der Waals surface area contributed by atoms with Crippen LogP contribution in [0.5, 0.6) is 17.2 Å². The third-order valence-electron chi connectivity index (χ3n) is 4.10. The van der Waals surface area contributed by atoms with E-state index >= 15 is 0 Å². The maximum Gasteiger partial charge on any atom is 0.349 e. The van der Waals surface area contributed by atoms with Crippen molar-refractivity contribution in [2.75, 3.05) is 13.2 Å². The fourth-order valence-electron chi connectivity index (χ4n) is 2.58. The molecule has 0 heterocycles. The first-order valence-corrected chi connectivity index (χ1v) is 9.15. The Kier molecular flexibility index (Phi) is 6.31. The van der Waals surface area contributed by atoms with Crippen molar-refractivity contribution in [2.45, 2.75) is 20.3 Å². The quantitative estimate of drug-likeness (QED) is 0.404. The minimum Gasteiger partial charge on any atom is -0.494 e. The van der Waals surface area contributed by atoms with Crippen LogP contribution in [-0.4, -0.2) is 19.2 Å². The topological polar surface area (TPSA) is 44.8 Å². The zero-order valence-electron chi connectivity index (χ0n) is 15.7. The molecule has 3 aromatic carbocycles. The lowest BCUT2D eigenvalue weighted by Crippen LogP contribution is -2.17. The van der Waals surface area contributed by atoms with Crippen LogP contribution >= 0.6 is 0 Å². The van der Waals surface area contributed by atoms with Gasteiger partial charge in [0, 0.05) is 0 Å². The molecule has 0 aliphatic rings. The Morgan fingerprint density at radius 3 is 2.15 bits per heavy atom. The summed E-state index contributed by atoms with van der Waals surface area (Å²) < 4.78 is 16.5. The van der Waals surface area contributed by atoms with E-state index in [0.29, 0.717) is 24.0 Å². The van der Waals surface area contributed by atoms with E-state index in [9.17, 15) is 4.79 Å². The zero-order chi connectivity index (χ0) is 19.1. The predicted molar refractivity (Wildman–Crippen MR) is 106 cm³/mol. The van der Waals surface area contributed by atoms with Gasteiger partial charge in [0.1, 0.15) is 17.2 Å². The van der Waals surface area contributed by atoms with Crippen LogP contribution in [0.1, 0.15) is 20.3 Å². The average molecular weight is 364 g/mol. The molecule has 0 unspecified atom stereocenters. The van der Waals surface area contributed by atoms with Crippen molar-refractivity contribution in [3.8, 4) is 17.2 Å². The van der Waals surface area contributed by atoms with E-state index in [-0.39, 0.29) is 6.61 Å². The van der Waals surface area contributed by atoms with Crippen molar-refractivity contribution in [2.24, 2.45) is 5.92 Å². The van der Waals surface area contributed by atoms with Crippen molar-refractivity contribution in [1.29, 1.82) is 0 Å². The van der Waals surface area contributed by atoms with Gasteiger partial charge in [-0.15, -0.1) is 0 Å². The van der Waals surface area contributed by atoms with Crippen LogP contribution in [0.25, 0.3) is 10.8 Å². The van der Waals surface area contributed by atoms with E-state index in [0.717, 1.165) is 22.9 Å². The Bertz CT molecular complexity index is 884. The number of ether oxygens (including phenoxy) is 3. The largest absolute Gasteiger partial charge is 0.494 e. The van der Waals surface area contributed by atoms with Gasteiger partial charge in [-0.2, -0.15) is 0 Å². The summed E-state index contributed by atoms with van der Waals surface area (Å²) in [6.07, 6.45) is 1.01. The molecule has 4 heteroatoms. The number of rotatable bonds is 8. The second-order valence-electron chi connectivity index (χ2n) is 6.77. The van der Waals surface area contributed by atoms with E-state index in [2.05, 4.69) is 13.8 Å². The Hall–Kier alpha value is -3.01. The summed E-state index contributed by atoms with van der Waals surface area (Å²) in [4.78, 5) is 12.0. The van der Waals surface area contributed by atoms with E-state index in [1.807, 2.05) is 48.5 Å². The van der Waals surface area contributed by atoms with E-state index in [1.165, 1.54) is 0 Å². The third kappa shape index (κ3) is 5.74. The fraction of sp³-hybridized carbons (Fsp3) is 0.261. The second-order valence-corrected chi connectivity index (χ2v) is 6.77. The van der Waals surface area contributed by atoms with Gasteiger partial charge in [0.15, 0.2) is 6.61 Å². The van der Waals surface area contributed by atoms with Crippen LogP contribution in [-0.2, 0) is 4.79 Å². The summed E-state index contributed by atoms with van der Waals surface area (Å²) in [5.41, 5.74) is 0. The highest BCUT2D eigenvalue weighted by atomic mass is 16.6. The first kappa shape index (κ1) is 18.8. The smallest absolute Gasteiger partial charge is 0.349 e. The van der Waals surface area contributed by atoms with Crippen LogP contribution in [0.3, 0.4) is 0 Å². The first-order valence-electron chi connectivity index (χ1n) is 9.15. The molecule has 0 saturated heterocycles. The van der Waals surface area contributed by atoms with Crippen molar-refractivity contribution in [3.05, 3.63) is 66.7 Å². The minimum absolute atomic E-state index is 0.152. The summed E-state index contributed by atoms with van der Waals surface area (Å²) >= 11 is 0. The summed E-state index contributed by atoms with van der Waals surface area (Å²) in [6, 6.07) is 20.7. The van der Waals surface area contributed by atoms with Gasteiger partial charge in [-0.25, -0.2) is 4.79 Å². The van der Waals surface area contributed by atoms with E-state index in [1.54, 1.807) is 18.2 Å². The molecule has 3 aromatic rings.